The van der Waals surface area contributed by atoms with Crippen LogP contribution in [0.25, 0.3) is 0 Å². The molecule has 0 aromatic rings. The second-order valence-electron chi connectivity index (χ2n) is 5.27. The standard InChI is InChI=1S/C13H23NO3S/c1-8(2)11(13(16)17)18-9(3)12(15)14-10-6-4-5-7-10/h8-11H,4-7H2,1-3H3,(H,14,15)(H,16,17). The SMILES string of the molecule is CC(SC(C(=O)O)C(C)C)C(=O)NC1CCCC1. The normalized spacial score (nSPS) is 19.8. The van der Waals surface area contributed by atoms with Crippen LogP contribution in [-0.4, -0.2) is 33.5 Å². The summed E-state index contributed by atoms with van der Waals surface area (Å²) in [7, 11) is 0. The Bertz CT molecular complexity index is 301. The van der Waals surface area contributed by atoms with Crippen molar-refractivity contribution in [2.45, 2.75) is 63.0 Å². The Labute approximate surface area is 113 Å². The van der Waals surface area contributed by atoms with Gasteiger partial charge in [-0.1, -0.05) is 26.7 Å². The second kappa shape index (κ2) is 7.02. The van der Waals surface area contributed by atoms with Crippen LogP contribution in [0.5, 0.6) is 0 Å². The number of carboxylic acid groups (broad SMARTS) is 1. The fraction of sp³-hybridized carbons (Fsp3) is 0.846. The monoisotopic (exact) mass is 273 g/mol. The molecule has 0 saturated heterocycles. The minimum atomic E-state index is -0.837. The van der Waals surface area contributed by atoms with E-state index in [1.807, 2.05) is 13.8 Å². The number of hydrogen-bond acceptors (Lipinski definition) is 3. The molecule has 5 heteroatoms. The number of carbonyl (C=O) groups is 2. The lowest BCUT2D eigenvalue weighted by Crippen LogP contribution is -2.39. The third kappa shape index (κ3) is 4.52. The Morgan fingerprint density at radius 1 is 1.22 bits per heavy atom. The Morgan fingerprint density at radius 2 is 1.78 bits per heavy atom. The molecule has 104 valence electrons. The fourth-order valence-electron chi connectivity index (χ4n) is 2.17. The number of hydrogen-bond donors (Lipinski definition) is 2. The first-order valence-corrected chi connectivity index (χ1v) is 7.54. The summed E-state index contributed by atoms with van der Waals surface area (Å²) in [5.74, 6) is -0.844. The molecule has 0 bridgehead atoms. The number of rotatable bonds is 6. The molecule has 0 aliphatic heterocycles. The zero-order valence-corrected chi connectivity index (χ0v) is 12.1. The van der Waals surface area contributed by atoms with E-state index < -0.39 is 11.2 Å². The van der Waals surface area contributed by atoms with Crippen molar-refractivity contribution >= 4 is 23.6 Å². The number of aliphatic carboxylic acids is 1. The highest BCUT2D eigenvalue weighted by atomic mass is 32.2. The number of amides is 1. The smallest absolute Gasteiger partial charge is 0.316 e. The van der Waals surface area contributed by atoms with Crippen LogP contribution >= 0.6 is 11.8 Å². The van der Waals surface area contributed by atoms with Gasteiger partial charge < -0.3 is 10.4 Å². The number of nitrogens with one attached hydrogen (secondary N) is 1. The molecule has 0 radical (unpaired) electrons. The molecule has 18 heavy (non-hydrogen) atoms. The molecule has 0 spiro atoms. The molecule has 1 aliphatic rings. The first-order valence-electron chi connectivity index (χ1n) is 6.60. The molecule has 4 nitrogen and oxygen atoms in total. The molecule has 1 rings (SSSR count). The Kier molecular flexibility index (Phi) is 5.99. The van der Waals surface area contributed by atoms with Gasteiger partial charge in [-0.25, -0.2) is 0 Å². The second-order valence-corrected chi connectivity index (χ2v) is 6.76. The van der Waals surface area contributed by atoms with E-state index in [9.17, 15) is 9.59 Å². The molecule has 1 saturated carbocycles. The quantitative estimate of drug-likeness (QED) is 0.779. The molecule has 0 aromatic heterocycles. The van der Waals surface area contributed by atoms with Crippen molar-refractivity contribution < 1.29 is 14.7 Å². The van der Waals surface area contributed by atoms with E-state index in [-0.39, 0.29) is 17.1 Å². The first kappa shape index (κ1) is 15.3. The first-order chi connectivity index (χ1) is 8.41. The number of carbonyl (C=O) groups excluding carboxylic acids is 1. The van der Waals surface area contributed by atoms with Crippen molar-refractivity contribution in [3.63, 3.8) is 0 Å². The largest absolute Gasteiger partial charge is 0.480 e. The lowest BCUT2D eigenvalue weighted by molar-refractivity contribution is -0.137. The van der Waals surface area contributed by atoms with Gasteiger partial charge in [0.05, 0.1) is 5.25 Å². The maximum Gasteiger partial charge on any atom is 0.316 e. The van der Waals surface area contributed by atoms with Gasteiger partial charge in [-0.3, -0.25) is 9.59 Å². The van der Waals surface area contributed by atoms with Gasteiger partial charge in [-0.2, -0.15) is 0 Å². The maximum atomic E-state index is 12.0. The molecule has 0 heterocycles. The summed E-state index contributed by atoms with van der Waals surface area (Å²) >= 11 is 1.24. The van der Waals surface area contributed by atoms with Crippen molar-refractivity contribution in [2.75, 3.05) is 0 Å². The molecule has 0 aromatic carbocycles. The van der Waals surface area contributed by atoms with Crippen molar-refractivity contribution in [1.82, 2.24) is 5.32 Å². The van der Waals surface area contributed by atoms with Crippen LogP contribution in [0.3, 0.4) is 0 Å². The summed E-state index contributed by atoms with van der Waals surface area (Å²) in [6.07, 6.45) is 4.46. The third-order valence-electron chi connectivity index (χ3n) is 3.27. The van der Waals surface area contributed by atoms with E-state index in [0.717, 1.165) is 12.8 Å². The van der Waals surface area contributed by atoms with Gasteiger partial charge in [-0.15, -0.1) is 11.8 Å². The van der Waals surface area contributed by atoms with Crippen LogP contribution in [0.1, 0.15) is 46.5 Å². The molecule has 1 fully saturated rings. The van der Waals surface area contributed by atoms with Crippen LogP contribution < -0.4 is 5.32 Å². The zero-order chi connectivity index (χ0) is 13.7. The topological polar surface area (TPSA) is 66.4 Å². The van der Waals surface area contributed by atoms with Crippen LogP contribution in [0.4, 0.5) is 0 Å². The maximum absolute atomic E-state index is 12.0. The summed E-state index contributed by atoms with van der Waals surface area (Å²) in [6, 6.07) is 0.294. The summed E-state index contributed by atoms with van der Waals surface area (Å²) in [6.45, 7) is 5.52. The van der Waals surface area contributed by atoms with Crippen molar-refractivity contribution in [1.29, 1.82) is 0 Å². The van der Waals surface area contributed by atoms with Crippen molar-refractivity contribution in [3.8, 4) is 0 Å². The lowest BCUT2D eigenvalue weighted by Gasteiger charge is -2.21. The van der Waals surface area contributed by atoms with Gasteiger partial charge in [-0.05, 0) is 25.7 Å². The fourth-order valence-corrected chi connectivity index (χ4v) is 3.23. The summed E-state index contributed by atoms with van der Waals surface area (Å²) in [4.78, 5) is 23.0. The Morgan fingerprint density at radius 3 is 2.22 bits per heavy atom. The van der Waals surface area contributed by atoms with Crippen molar-refractivity contribution in [3.05, 3.63) is 0 Å². The van der Waals surface area contributed by atoms with E-state index in [4.69, 9.17) is 5.11 Å². The molecule has 2 unspecified atom stereocenters. The van der Waals surface area contributed by atoms with E-state index in [2.05, 4.69) is 5.32 Å². The Hall–Kier alpha value is -0.710. The highest BCUT2D eigenvalue weighted by molar-refractivity contribution is 8.01. The van der Waals surface area contributed by atoms with Crippen LogP contribution in [-0.2, 0) is 9.59 Å². The average Bonchev–Trinajstić information content (AvgIpc) is 2.77. The van der Waals surface area contributed by atoms with Gasteiger partial charge in [0.15, 0.2) is 0 Å². The number of thioether (sulfide) groups is 1. The third-order valence-corrected chi connectivity index (χ3v) is 4.93. The van der Waals surface area contributed by atoms with Gasteiger partial charge in [0.25, 0.3) is 0 Å². The van der Waals surface area contributed by atoms with E-state index >= 15 is 0 Å². The Balaban J connectivity index is 2.44. The molecular formula is C13H23NO3S. The molecule has 1 amide bonds. The van der Waals surface area contributed by atoms with E-state index in [1.165, 1.54) is 24.6 Å². The highest BCUT2D eigenvalue weighted by Gasteiger charge is 2.28. The summed E-state index contributed by atoms with van der Waals surface area (Å²) in [5.41, 5.74) is 0. The minimum absolute atomic E-state index is 0.0224. The van der Waals surface area contributed by atoms with Gasteiger partial charge in [0.2, 0.25) is 5.91 Å². The van der Waals surface area contributed by atoms with Gasteiger partial charge in [0, 0.05) is 6.04 Å². The van der Waals surface area contributed by atoms with Crippen LogP contribution in [0, 0.1) is 5.92 Å². The molecule has 2 atom stereocenters. The highest BCUT2D eigenvalue weighted by Crippen LogP contribution is 2.25. The number of carboxylic acids is 1. The van der Waals surface area contributed by atoms with Crippen molar-refractivity contribution in [2.24, 2.45) is 5.92 Å². The van der Waals surface area contributed by atoms with Gasteiger partial charge >= 0.3 is 5.97 Å². The predicted molar refractivity (Wildman–Crippen MR) is 73.7 cm³/mol. The molecule has 2 N–H and O–H groups in total. The molecular weight excluding hydrogens is 250 g/mol. The van der Waals surface area contributed by atoms with E-state index in [0.29, 0.717) is 6.04 Å². The van der Waals surface area contributed by atoms with Crippen LogP contribution in [0.15, 0.2) is 0 Å². The van der Waals surface area contributed by atoms with E-state index in [1.54, 1.807) is 6.92 Å². The zero-order valence-electron chi connectivity index (χ0n) is 11.3. The van der Waals surface area contributed by atoms with Gasteiger partial charge in [0.1, 0.15) is 5.25 Å². The molecule has 1 aliphatic carbocycles. The lowest BCUT2D eigenvalue weighted by atomic mass is 10.1. The minimum Gasteiger partial charge on any atom is -0.480 e. The summed E-state index contributed by atoms with van der Waals surface area (Å²) < 4.78 is 0. The summed E-state index contributed by atoms with van der Waals surface area (Å²) in [5, 5.41) is 11.3. The van der Waals surface area contributed by atoms with Crippen LogP contribution in [0.2, 0.25) is 0 Å². The predicted octanol–water partition coefficient (Wildman–Crippen LogP) is 2.28. The average molecular weight is 273 g/mol.